The van der Waals surface area contributed by atoms with Gasteiger partial charge in [-0.2, -0.15) is 0 Å². The quantitative estimate of drug-likeness (QED) is 0.662. The lowest BCUT2D eigenvalue weighted by atomic mass is 10.0. The molecule has 1 aromatic carbocycles. The molecule has 1 heterocycles. The number of nitrogens with zero attached hydrogens (tertiary/aromatic N) is 1. The summed E-state index contributed by atoms with van der Waals surface area (Å²) in [6.07, 6.45) is 3.53. The van der Waals surface area contributed by atoms with Crippen LogP contribution in [0.3, 0.4) is 0 Å². The third-order valence-electron chi connectivity index (χ3n) is 3.66. The number of benzene rings is 1. The molecule has 134 valence electrons. The van der Waals surface area contributed by atoms with E-state index in [4.69, 9.17) is 5.73 Å². The summed E-state index contributed by atoms with van der Waals surface area (Å²) in [4.78, 5) is 31.6. The minimum Gasteiger partial charge on any atom is -0.348 e. The van der Waals surface area contributed by atoms with E-state index in [1.54, 1.807) is 37.6 Å². The number of hydrogen-bond donors (Lipinski definition) is 4. The number of rotatable bonds is 5. The van der Waals surface area contributed by atoms with Gasteiger partial charge < -0.3 is 21.4 Å². The lowest BCUT2D eigenvalue weighted by Gasteiger charge is -2.22. The van der Waals surface area contributed by atoms with Crippen LogP contribution in [0.1, 0.15) is 42.4 Å². The van der Waals surface area contributed by atoms with E-state index in [2.05, 4.69) is 20.6 Å². The molecule has 1 atom stereocenters. The fraction of sp³-hybridized carbons (Fsp3) is 0.389. The number of imidazole rings is 1. The third kappa shape index (κ3) is 5.15. The Hall–Kier alpha value is -2.67. The van der Waals surface area contributed by atoms with Gasteiger partial charge in [-0.15, -0.1) is 0 Å². The molecule has 0 aliphatic carbocycles. The molecule has 0 saturated carbocycles. The Bertz CT molecular complexity index is 747. The van der Waals surface area contributed by atoms with Crippen LogP contribution in [0.15, 0.2) is 30.7 Å². The second-order valence-corrected chi connectivity index (χ2v) is 7.06. The van der Waals surface area contributed by atoms with Gasteiger partial charge in [-0.3, -0.25) is 9.59 Å². The minimum absolute atomic E-state index is 0.178. The highest BCUT2D eigenvalue weighted by Gasteiger charge is 2.20. The Balaban J connectivity index is 2.10. The third-order valence-corrected chi connectivity index (χ3v) is 3.66. The summed E-state index contributed by atoms with van der Waals surface area (Å²) in [5.41, 5.74) is 8.20. The van der Waals surface area contributed by atoms with E-state index in [9.17, 15) is 9.59 Å². The van der Waals surface area contributed by atoms with Gasteiger partial charge >= 0.3 is 0 Å². The summed E-state index contributed by atoms with van der Waals surface area (Å²) in [5, 5.41) is 5.72. The molecule has 0 radical (unpaired) electrons. The number of aromatic nitrogens is 2. The molecule has 0 bridgehead atoms. The zero-order chi connectivity index (χ0) is 18.6. The maximum atomic E-state index is 12.4. The normalized spacial score (nSPS) is 12.5. The number of hydrogen-bond acceptors (Lipinski definition) is 4. The van der Waals surface area contributed by atoms with Gasteiger partial charge in [-0.05, 0) is 45.4 Å². The van der Waals surface area contributed by atoms with E-state index in [0.717, 1.165) is 5.69 Å². The average Bonchev–Trinajstić information content (AvgIpc) is 3.00. The van der Waals surface area contributed by atoms with Crippen LogP contribution in [0.5, 0.6) is 0 Å². The molecule has 0 spiro atoms. The highest BCUT2D eigenvalue weighted by atomic mass is 16.2. The van der Waals surface area contributed by atoms with Gasteiger partial charge in [0, 0.05) is 35.1 Å². The van der Waals surface area contributed by atoms with Gasteiger partial charge in [-0.1, -0.05) is 6.07 Å². The highest BCUT2D eigenvalue weighted by molar-refractivity contribution is 6.00. The highest BCUT2D eigenvalue weighted by Crippen LogP contribution is 2.20. The molecule has 7 heteroatoms. The predicted molar refractivity (Wildman–Crippen MR) is 97.3 cm³/mol. The standard InChI is InChI=1S/C18H25N5O2/c1-11-13(16(24)23-18(2,3)4)6-5-7-15(11)22-17(25)14(19)8-12-9-20-10-21-12/h5-7,9-10,14H,8,19H2,1-4H3,(H,20,21)(H,22,25)(H,23,24). The number of H-pyrrole nitrogens is 1. The van der Waals surface area contributed by atoms with E-state index in [1.165, 1.54) is 0 Å². The van der Waals surface area contributed by atoms with Gasteiger partial charge in [0.15, 0.2) is 0 Å². The number of nitrogens with one attached hydrogen (secondary N) is 3. The van der Waals surface area contributed by atoms with Crippen molar-refractivity contribution in [3.63, 3.8) is 0 Å². The molecule has 2 aromatic rings. The molecule has 25 heavy (non-hydrogen) atoms. The van der Waals surface area contributed by atoms with Gasteiger partial charge in [0.25, 0.3) is 5.91 Å². The number of aromatic amines is 1. The van der Waals surface area contributed by atoms with Crippen LogP contribution >= 0.6 is 0 Å². The average molecular weight is 343 g/mol. The van der Waals surface area contributed by atoms with E-state index in [0.29, 0.717) is 23.2 Å². The fourth-order valence-electron chi connectivity index (χ4n) is 2.38. The van der Waals surface area contributed by atoms with Crippen LogP contribution in [0.25, 0.3) is 0 Å². The molecular formula is C18H25N5O2. The molecule has 0 fully saturated rings. The Morgan fingerprint density at radius 3 is 2.64 bits per heavy atom. The Morgan fingerprint density at radius 1 is 1.32 bits per heavy atom. The van der Waals surface area contributed by atoms with E-state index < -0.39 is 6.04 Å². The first-order valence-electron chi connectivity index (χ1n) is 8.13. The lowest BCUT2D eigenvalue weighted by Crippen LogP contribution is -2.41. The predicted octanol–water partition coefficient (Wildman–Crippen LogP) is 1.75. The number of nitrogens with two attached hydrogens (primary N) is 1. The van der Waals surface area contributed by atoms with Crippen LogP contribution in [-0.4, -0.2) is 33.4 Å². The first kappa shape index (κ1) is 18.7. The molecule has 5 N–H and O–H groups in total. The van der Waals surface area contributed by atoms with Gasteiger partial charge in [0.2, 0.25) is 5.91 Å². The molecule has 0 aliphatic heterocycles. The zero-order valence-corrected chi connectivity index (χ0v) is 15.0. The van der Waals surface area contributed by atoms with Crippen molar-refractivity contribution in [3.05, 3.63) is 47.5 Å². The van der Waals surface area contributed by atoms with Crippen LogP contribution in [-0.2, 0) is 11.2 Å². The summed E-state index contributed by atoms with van der Waals surface area (Å²) >= 11 is 0. The first-order chi connectivity index (χ1) is 11.7. The van der Waals surface area contributed by atoms with Crippen molar-refractivity contribution in [2.45, 2.75) is 45.7 Å². The summed E-state index contributed by atoms with van der Waals surface area (Å²) in [7, 11) is 0. The Labute approximate surface area is 147 Å². The molecule has 7 nitrogen and oxygen atoms in total. The first-order valence-corrected chi connectivity index (χ1v) is 8.13. The minimum atomic E-state index is -0.716. The van der Waals surface area contributed by atoms with Gasteiger partial charge in [0.1, 0.15) is 0 Å². The topological polar surface area (TPSA) is 113 Å². The zero-order valence-electron chi connectivity index (χ0n) is 15.0. The number of anilines is 1. The van der Waals surface area contributed by atoms with Crippen LogP contribution in [0.4, 0.5) is 5.69 Å². The SMILES string of the molecule is Cc1c(NC(=O)C(N)Cc2cnc[nH]2)cccc1C(=O)NC(C)(C)C. The molecule has 1 unspecified atom stereocenters. The second kappa shape index (κ2) is 7.48. The summed E-state index contributed by atoms with van der Waals surface area (Å²) < 4.78 is 0. The Morgan fingerprint density at radius 2 is 2.04 bits per heavy atom. The van der Waals surface area contributed by atoms with Gasteiger partial charge in [0.05, 0.1) is 12.4 Å². The number of carbonyl (C=O) groups is 2. The van der Waals surface area contributed by atoms with E-state index in [-0.39, 0.29) is 17.4 Å². The molecule has 0 aliphatic rings. The van der Waals surface area contributed by atoms with Crippen molar-refractivity contribution >= 4 is 17.5 Å². The van der Waals surface area contributed by atoms with Crippen molar-refractivity contribution in [1.29, 1.82) is 0 Å². The summed E-state index contributed by atoms with van der Waals surface area (Å²) in [6, 6.07) is 4.51. The second-order valence-electron chi connectivity index (χ2n) is 7.06. The lowest BCUT2D eigenvalue weighted by molar-refractivity contribution is -0.117. The van der Waals surface area contributed by atoms with Crippen molar-refractivity contribution in [1.82, 2.24) is 15.3 Å². The van der Waals surface area contributed by atoms with Crippen molar-refractivity contribution < 1.29 is 9.59 Å². The monoisotopic (exact) mass is 343 g/mol. The van der Waals surface area contributed by atoms with Crippen LogP contribution in [0, 0.1) is 6.92 Å². The van der Waals surface area contributed by atoms with Crippen molar-refractivity contribution in [2.75, 3.05) is 5.32 Å². The molecule has 1 aromatic heterocycles. The van der Waals surface area contributed by atoms with Crippen LogP contribution < -0.4 is 16.4 Å². The van der Waals surface area contributed by atoms with Crippen LogP contribution in [0.2, 0.25) is 0 Å². The van der Waals surface area contributed by atoms with Crippen molar-refractivity contribution in [3.8, 4) is 0 Å². The van der Waals surface area contributed by atoms with Crippen molar-refractivity contribution in [2.24, 2.45) is 5.73 Å². The molecule has 2 rings (SSSR count). The number of carbonyl (C=O) groups excluding carboxylic acids is 2. The summed E-state index contributed by atoms with van der Waals surface area (Å²) in [5.74, 6) is -0.492. The summed E-state index contributed by atoms with van der Waals surface area (Å²) in [6.45, 7) is 7.55. The molecular weight excluding hydrogens is 318 g/mol. The number of amides is 2. The fourth-order valence-corrected chi connectivity index (χ4v) is 2.38. The van der Waals surface area contributed by atoms with Gasteiger partial charge in [-0.25, -0.2) is 4.98 Å². The van der Waals surface area contributed by atoms with E-state index in [1.807, 2.05) is 20.8 Å². The largest absolute Gasteiger partial charge is 0.348 e. The maximum Gasteiger partial charge on any atom is 0.252 e. The van der Waals surface area contributed by atoms with E-state index >= 15 is 0 Å². The maximum absolute atomic E-state index is 12.4. The smallest absolute Gasteiger partial charge is 0.252 e. The Kier molecular flexibility index (Phi) is 5.58. The molecule has 0 saturated heterocycles. The molecule has 2 amide bonds.